The van der Waals surface area contributed by atoms with Gasteiger partial charge in [0.25, 0.3) is 20.2 Å². The molecule has 114 valence electrons. The minimum absolute atomic E-state index is 0. The van der Waals surface area contributed by atoms with Crippen molar-refractivity contribution >= 4 is 32.6 Å². The van der Waals surface area contributed by atoms with Crippen molar-refractivity contribution in [3.05, 3.63) is 48.5 Å². The zero-order valence-electron chi connectivity index (χ0n) is 10.4. The van der Waals surface area contributed by atoms with E-state index in [0.717, 1.165) is 6.07 Å². The second-order valence-corrected chi connectivity index (χ2v) is 6.70. The van der Waals surface area contributed by atoms with Crippen LogP contribution < -0.4 is 0 Å². The van der Waals surface area contributed by atoms with Crippen LogP contribution in [0, 0.1) is 0 Å². The van der Waals surface area contributed by atoms with Gasteiger partial charge in [0.05, 0.1) is 0 Å². The summed E-state index contributed by atoms with van der Waals surface area (Å²) in [4.78, 5) is -1.70. The molecule has 0 spiro atoms. The average molecular weight is 351 g/mol. The maximum atomic E-state index is 11.5. The van der Waals surface area contributed by atoms with Gasteiger partial charge in [-0.3, -0.25) is 9.11 Å². The molecule has 0 radical (unpaired) electrons. The van der Waals surface area contributed by atoms with Gasteiger partial charge < -0.3 is 0 Å². The quantitative estimate of drug-likeness (QED) is 0.822. The molecule has 0 saturated carbocycles. The van der Waals surface area contributed by atoms with Crippen molar-refractivity contribution in [2.75, 3.05) is 0 Å². The minimum Gasteiger partial charge on any atom is -0.282 e. The van der Waals surface area contributed by atoms with E-state index in [1.165, 1.54) is 12.1 Å². The highest BCUT2D eigenvalue weighted by molar-refractivity contribution is 7.89. The number of halogens is 1. The highest BCUT2D eigenvalue weighted by Gasteiger charge is 2.27. The van der Waals surface area contributed by atoms with Crippen molar-refractivity contribution in [1.82, 2.24) is 0 Å². The van der Waals surface area contributed by atoms with Gasteiger partial charge in [0.1, 0.15) is 9.79 Å². The Hall–Kier alpha value is -1.45. The van der Waals surface area contributed by atoms with Crippen LogP contribution in [-0.2, 0) is 20.2 Å². The number of hydrogen-bond acceptors (Lipinski definition) is 4. The first-order chi connectivity index (χ1) is 9.21. The SMILES string of the molecule is Cl.O=S(=O)(O)c1cccc(-c2ccccc2)c1S(=O)(=O)O. The molecule has 0 aliphatic carbocycles. The van der Waals surface area contributed by atoms with E-state index in [4.69, 9.17) is 4.55 Å². The van der Waals surface area contributed by atoms with Gasteiger partial charge in [-0.2, -0.15) is 16.8 Å². The van der Waals surface area contributed by atoms with Crippen LogP contribution in [0.4, 0.5) is 0 Å². The lowest BCUT2D eigenvalue weighted by atomic mass is 10.1. The van der Waals surface area contributed by atoms with Gasteiger partial charge in [-0.15, -0.1) is 12.4 Å². The molecule has 6 nitrogen and oxygen atoms in total. The monoisotopic (exact) mass is 350 g/mol. The fourth-order valence-corrected chi connectivity index (χ4v) is 3.84. The maximum Gasteiger partial charge on any atom is 0.296 e. The first-order valence-corrected chi connectivity index (χ1v) is 8.22. The largest absolute Gasteiger partial charge is 0.296 e. The molecular weight excluding hydrogens is 340 g/mol. The van der Waals surface area contributed by atoms with Gasteiger partial charge in [0.15, 0.2) is 0 Å². The van der Waals surface area contributed by atoms with Crippen molar-refractivity contribution in [1.29, 1.82) is 0 Å². The third kappa shape index (κ3) is 3.80. The summed E-state index contributed by atoms with van der Waals surface area (Å²) >= 11 is 0. The van der Waals surface area contributed by atoms with E-state index in [9.17, 15) is 21.4 Å². The smallest absolute Gasteiger partial charge is 0.282 e. The topological polar surface area (TPSA) is 109 Å². The molecule has 2 aromatic rings. The Kier molecular flexibility index (Phi) is 5.13. The van der Waals surface area contributed by atoms with Crippen LogP contribution in [-0.4, -0.2) is 25.9 Å². The van der Waals surface area contributed by atoms with E-state index in [1.807, 2.05) is 0 Å². The first kappa shape index (κ1) is 17.6. The molecule has 21 heavy (non-hydrogen) atoms. The number of hydrogen-bond donors (Lipinski definition) is 2. The molecule has 0 aliphatic rings. The summed E-state index contributed by atoms with van der Waals surface area (Å²) in [6.45, 7) is 0. The molecule has 0 saturated heterocycles. The van der Waals surface area contributed by atoms with Crippen LogP contribution >= 0.6 is 12.4 Å². The van der Waals surface area contributed by atoms with Gasteiger partial charge >= 0.3 is 0 Å². The van der Waals surface area contributed by atoms with Crippen molar-refractivity contribution < 1.29 is 25.9 Å². The second-order valence-electron chi connectivity index (χ2n) is 3.95. The van der Waals surface area contributed by atoms with Gasteiger partial charge in [-0.1, -0.05) is 42.5 Å². The third-order valence-electron chi connectivity index (χ3n) is 2.60. The molecule has 0 heterocycles. The summed E-state index contributed by atoms with van der Waals surface area (Å²) < 4.78 is 63.9. The van der Waals surface area contributed by atoms with E-state index in [-0.39, 0.29) is 18.0 Å². The third-order valence-corrected chi connectivity index (χ3v) is 4.58. The molecule has 2 aromatic carbocycles. The molecule has 2 N–H and O–H groups in total. The molecular formula is C12H11ClO6S2. The average Bonchev–Trinajstić information content (AvgIpc) is 2.37. The van der Waals surface area contributed by atoms with Crippen LogP contribution in [0.1, 0.15) is 0 Å². The predicted molar refractivity (Wildman–Crippen MR) is 78.8 cm³/mol. The first-order valence-electron chi connectivity index (χ1n) is 5.34. The normalized spacial score (nSPS) is 11.7. The fraction of sp³-hybridized carbons (Fsp3) is 0. The van der Waals surface area contributed by atoms with Crippen LogP contribution in [0.3, 0.4) is 0 Å². The molecule has 0 amide bonds. The standard InChI is InChI=1S/C12H10O6S2.ClH/c13-19(14,15)11-8-4-7-10(12(11)20(16,17)18)9-5-2-1-3-6-9;/h1-8H,(H,13,14,15)(H,16,17,18);1H. The van der Waals surface area contributed by atoms with Crippen LogP contribution in [0.25, 0.3) is 11.1 Å². The molecule has 2 rings (SSSR count). The fourth-order valence-electron chi connectivity index (χ4n) is 1.83. The summed E-state index contributed by atoms with van der Waals surface area (Å²) in [6.07, 6.45) is 0. The lowest BCUT2D eigenvalue weighted by Gasteiger charge is -2.10. The Bertz CT molecular complexity index is 845. The summed E-state index contributed by atoms with van der Waals surface area (Å²) in [5.41, 5.74) is 0.383. The number of benzene rings is 2. The highest BCUT2D eigenvalue weighted by atomic mass is 35.5. The van der Waals surface area contributed by atoms with Crippen molar-refractivity contribution in [3.63, 3.8) is 0 Å². The molecule has 0 fully saturated rings. The Morgan fingerprint density at radius 2 is 1.29 bits per heavy atom. The Morgan fingerprint density at radius 1 is 0.714 bits per heavy atom. The van der Waals surface area contributed by atoms with Crippen LogP contribution in [0.2, 0.25) is 0 Å². The molecule has 0 unspecified atom stereocenters. The lowest BCUT2D eigenvalue weighted by Crippen LogP contribution is -2.10. The summed E-state index contributed by atoms with van der Waals surface area (Å²) in [5.74, 6) is 0. The Morgan fingerprint density at radius 3 is 1.76 bits per heavy atom. The molecule has 0 aromatic heterocycles. The van der Waals surface area contributed by atoms with Crippen LogP contribution in [0.15, 0.2) is 58.3 Å². The van der Waals surface area contributed by atoms with E-state index in [2.05, 4.69) is 0 Å². The van der Waals surface area contributed by atoms with Crippen molar-refractivity contribution in [3.8, 4) is 11.1 Å². The van der Waals surface area contributed by atoms with Gasteiger partial charge in [-0.25, -0.2) is 0 Å². The highest BCUT2D eigenvalue weighted by Crippen LogP contribution is 2.32. The number of rotatable bonds is 3. The van der Waals surface area contributed by atoms with E-state index in [0.29, 0.717) is 5.56 Å². The molecule has 0 bridgehead atoms. The Labute approximate surface area is 128 Å². The van der Waals surface area contributed by atoms with Gasteiger partial charge in [-0.05, 0) is 11.6 Å². The molecule has 0 atom stereocenters. The van der Waals surface area contributed by atoms with E-state index in [1.54, 1.807) is 30.3 Å². The second kappa shape index (κ2) is 6.12. The van der Waals surface area contributed by atoms with Crippen LogP contribution in [0.5, 0.6) is 0 Å². The summed E-state index contributed by atoms with van der Waals surface area (Å²) in [6, 6.07) is 11.6. The van der Waals surface area contributed by atoms with Gasteiger partial charge in [0, 0.05) is 5.56 Å². The zero-order valence-corrected chi connectivity index (χ0v) is 12.8. The van der Waals surface area contributed by atoms with E-state index >= 15 is 0 Å². The maximum absolute atomic E-state index is 11.5. The van der Waals surface area contributed by atoms with E-state index < -0.39 is 30.0 Å². The zero-order chi connectivity index (χ0) is 15.0. The Balaban J connectivity index is 0.00000220. The van der Waals surface area contributed by atoms with Crippen molar-refractivity contribution in [2.45, 2.75) is 9.79 Å². The minimum atomic E-state index is -4.83. The predicted octanol–water partition coefficient (Wildman–Crippen LogP) is 2.27. The lowest BCUT2D eigenvalue weighted by molar-refractivity contribution is 0.467. The molecule has 0 aliphatic heterocycles. The van der Waals surface area contributed by atoms with Crippen molar-refractivity contribution in [2.24, 2.45) is 0 Å². The summed E-state index contributed by atoms with van der Waals surface area (Å²) in [7, 11) is -9.62. The van der Waals surface area contributed by atoms with Gasteiger partial charge in [0.2, 0.25) is 0 Å². The summed E-state index contributed by atoms with van der Waals surface area (Å²) in [5, 5.41) is 0. The molecule has 9 heteroatoms.